The Bertz CT molecular complexity index is 943. The number of piperazine rings is 1. The molecule has 1 aliphatic carbocycles. The van der Waals surface area contributed by atoms with E-state index in [1.807, 2.05) is 6.07 Å². The van der Waals surface area contributed by atoms with Crippen LogP contribution in [0.2, 0.25) is 0 Å². The number of nitrogens with zero attached hydrogens (tertiary/aromatic N) is 2. The van der Waals surface area contributed by atoms with Crippen molar-refractivity contribution < 1.29 is 14.2 Å². The molecule has 5 rings (SSSR count). The third-order valence-electron chi connectivity index (χ3n) is 7.76. The van der Waals surface area contributed by atoms with E-state index in [0.717, 1.165) is 76.9 Å². The van der Waals surface area contributed by atoms with Crippen LogP contribution in [0.4, 0.5) is 4.39 Å². The fourth-order valence-electron chi connectivity index (χ4n) is 5.99. The molecule has 3 aliphatic rings. The monoisotopic (exact) mass is 452 g/mol. The molecule has 33 heavy (non-hydrogen) atoms. The van der Waals surface area contributed by atoms with Crippen molar-refractivity contribution in [1.82, 2.24) is 9.80 Å². The first kappa shape index (κ1) is 23.0. The lowest BCUT2D eigenvalue weighted by Gasteiger charge is -2.36. The smallest absolute Gasteiger partial charge is 0.123 e. The minimum absolute atomic E-state index is 0.0700. The number of rotatable bonds is 7. The first-order chi connectivity index (χ1) is 16.1. The molecule has 1 N–H and O–H groups in total. The SMILES string of the molecule is CCCCC(O)CN1CCN(CC2CC3c4ccccc4Cc4ccc(F)cc4C3O2)CC1. The largest absolute Gasteiger partial charge is 0.392 e. The second-order valence-corrected chi connectivity index (χ2v) is 10.1. The summed E-state index contributed by atoms with van der Waals surface area (Å²) in [5.74, 6) is 0.104. The van der Waals surface area contributed by atoms with E-state index in [-0.39, 0.29) is 30.0 Å². The number of β-amino-alcohol motifs (C(OH)–C–C–N with tert-alkyl or cyclic N) is 1. The van der Waals surface area contributed by atoms with Gasteiger partial charge in [0.25, 0.3) is 0 Å². The average Bonchev–Trinajstić information content (AvgIpc) is 3.18. The number of unbranched alkanes of at least 4 members (excludes halogenated alkanes) is 1. The topological polar surface area (TPSA) is 35.9 Å². The number of aliphatic hydroxyl groups excluding tert-OH is 1. The van der Waals surface area contributed by atoms with Gasteiger partial charge in [-0.15, -0.1) is 0 Å². The molecule has 2 aromatic rings. The highest BCUT2D eigenvalue weighted by Gasteiger charge is 2.41. The highest BCUT2D eigenvalue weighted by Crippen LogP contribution is 2.49. The van der Waals surface area contributed by atoms with E-state index in [1.54, 1.807) is 12.1 Å². The van der Waals surface area contributed by atoms with Crippen LogP contribution in [0.1, 0.15) is 66.9 Å². The van der Waals surface area contributed by atoms with Gasteiger partial charge in [0.2, 0.25) is 0 Å². The van der Waals surface area contributed by atoms with Crippen molar-refractivity contribution in [3.8, 4) is 0 Å². The van der Waals surface area contributed by atoms with Gasteiger partial charge in [-0.25, -0.2) is 4.39 Å². The number of fused-ring (bicyclic) bond motifs is 5. The summed E-state index contributed by atoms with van der Waals surface area (Å²) in [4.78, 5) is 4.90. The van der Waals surface area contributed by atoms with Crippen LogP contribution in [-0.2, 0) is 11.2 Å². The van der Waals surface area contributed by atoms with Gasteiger partial charge in [-0.05, 0) is 53.6 Å². The van der Waals surface area contributed by atoms with Crippen LogP contribution in [0.3, 0.4) is 0 Å². The highest BCUT2D eigenvalue weighted by molar-refractivity contribution is 5.45. The van der Waals surface area contributed by atoms with Gasteiger partial charge in [-0.3, -0.25) is 9.80 Å². The standard InChI is InChI=1S/C28H37FN2O2/c1-2-3-7-23(32)18-30-11-13-31(14-12-30)19-24-17-27-25-8-5-4-6-20(25)15-21-9-10-22(29)16-26(21)28(27)33-24/h4-6,8-10,16,23-24,27-28,32H,2-3,7,11-15,17-19H2,1H3. The zero-order valence-corrected chi connectivity index (χ0v) is 19.8. The summed E-state index contributed by atoms with van der Waals surface area (Å²) in [5, 5.41) is 10.2. The van der Waals surface area contributed by atoms with Gasteiger partial charge in [-0.2, -0.15) is 0 Å². The van der Waals surface area contributed by atoms with Crippen molar-refractivity contribution in [2.45, 2.75) is 63.3 Å². The minimum atomic E-state index is -0.206. The second kappa shape index (κ2) is 10.2. The zero-order valence-electron chi connectivity index (χ0n) is 19.8. The first-order valence-corrected chi connectivity index (χ1v) is 12.7. The fraction of sp³-hybridized carbons (Fsp3) is 0.571. The Morgan fingerprint density at radius 2 is 1.79 bits per heavy atom. The molecule has 0 saturated carbocycles. The Hall–Kier alpha value is -1.79. The Morgan fingerprint density at radius 3 is 2.61 bits per heavy atom. The molecular formula is C28H37FN2O2. The maximum absolute atomic E-state index is 14.2. The van der Waals surface area contributed by atoms with E-state index in [1.165, 1.54) is 16.7 Å². The summed E-state index contributed by atoms with van der Waals surface area (Å²) in [7, 11) is 0. The molecule has 0 radical (unpaired) electrons. The van der Waals surface area contributed by atoms with E-state index in [0.29, 0.717) is 0 Å². The quantitative estimate of drug-likeness (QED) is 0.671. The van der Waals surface area contributed by atoms with Crippen molar-refractivity contribution >= 4 is 0 Å². The molecule has 5 heteroatoms. The molecule has 2 saturated heterocycles. The summed E-state index contributed by atoms with van der Waals surface area (Å²) in [6.45, 7) is 7.90. The second-order valence-electron chi connectivity index (χ2n) is 10.1. The minimum Gasteiger partial charge on any atom is -0.392 e. The third-order valence-corrected chi connectivity index (χ3v) is 7.76. The van der Waals surface area contributed by atoms with E-state index < -0.39 is 0 Å². The maximum atomic E-state index is 14.2. The molecule has 2 fully saturated rings. The zero-order chi connectivity index (χ0) is 22.8. The number of benzene rings is 2. The molecule has 0 amide bonds. The van der Waals surface area contributed by atoms with Crippen LogP contribution in [0.5, 0.6) is 0 Å². The lowest BCUT2D eigenvalue weighted by atomic mass is 9.87. The van der Waals surface area contributed by atoms with Crippen molar-refractivity contribution in [2.24, 2.45) is 0 Å². The Balaban J connectivity index is 1.23. The summed E-state index contributed by atoms with van der Waals surface area (Å²) in [6.07, 6.45) is 4.84. The van der Waals surface area contributed by atoms with E-state index in [9.17, 15) is 9.50 Å². The number of halogens is 1. The third kappa shape index (κ3) is 5.17. The van der Waals surface area contributed by atoms with Crippen LogP contribution >= 0.6 is 0 Å². The Labute approximate surface area is 197 Å². The van der Waals surface area contributed by atoms with Gasteiger partial charge in [0, 0.05) is 45.2 Å². The molecule has 4 unspecified atom stereocenters. The molecule has 4 atom stereocenters. The molecule has 2 aliphatic heterocycles. The summed E-state index contributed by atoms with van der Waals surface area (Å²) in [5.41, 5.74) is 4.93. The van der Waals surface area contributed by atoms with E-state index >= 15 is 0 Å². The molecule has 2 heterocycles. The van der Waals surface area contributed by atoms with Gasteiger partial charge < -0.3 is 9.84 Å². The predicted octanol–water partition coefficient (Wildman–Crippen LogP) is 4.51. The van der Waals surface area contributed by atoms with Gasteiger partial charge in [-0.1, -0.05) is 50.1 Å². The lowest BCUT2D eigenvalue weighted by Crippen LogP contribution is -2.50. The van der Waals surface area contributed by atoms with Crippen LogP contribution in [0.15, 0.2) is 42.5 Å². The van der Waals surface area contributed by atoms with E-state index in [2.05, 4.69) is 41.0 Å². The molecule has 0 spiro atoms. The molecular weight excluding hydrogens is 415 g/mol. The Kier molecular flexibility index (Phi) is 7.12. The summed E-state index contributed by atoms with van der Waals surface area (Å²) in [6, 6.07) is 13.9. The summed E-state index contributed by atoms with van der Waals surface area (Å²) < 4.78 is 20.9. The van der Waals surface area contributed by atoms with Gasteiger partial charge >= 0.3 is 0 Å². The highest BCUT2D eigenvalue weighted by atomic mass is 19.1. The van der Waals surface area contributed by atoms with Crippen LogP contribution in [0.25, 0.3) is 0 Å². The molecule has 0 aromatic heterocycles. The van der Waals surface area contributed by atoms with Crippen molar-refractivity contribution in [2.75, 3.05) is 39.3 Å². The number of hydrogen-bond acceptors (Lipinski definition) is 4. The average molecular weight is 453 g/mol. The van der Waals surface area contributed by atoms with Crippen molar-refractivity contribution in [1.29, 1.82) is 0 Å². The maximum Gasteiger partial charge on any atom is 0.123 e. The number of ether oxygens (including phenoxy) is 1. The Morgan fingerprint density at radius 1 is 1.03 bits per heavy atom. The van der Waals surface area contributed by atoms with Crippen LogP contribution < -0.4 is 0 Å². The van der Waals surface area contributed by atoms with Crippen molar-refractivity contribution in [3.05, 3.63) is 70.5 Å². The summed E-state index contributed by atoms with van der Waals surface area (Å²) >= 11 is 0. The number of aliphatic hydroxyl groups is 1. The molecule has 0 bridgehead atoms. The van der Waals surface area contributed by atoms with Crippen LogP contribution in [0, 0.1) is 5.82 Å². The van der Waals surface area contributed by atoms with Crippen molar-refractivity contribution in [3.63, 3.8) is 0 Å². The van der Waals surface area contributed by atoms with Gasteiger partial charge in [0.05, 0.1) is 18.3 Å². The molecule has 2 aromatic carbocycles. The molecule has 178 valence electrons. The number of hydrogen-bond donors (Lipinski definition) is 1. The van der Waals surface area contributed by atoms with Gasteiger partial charge in [0.15, 0.2) is 0 Å². The van der Waals surface area contributed by atoms with E-state index in [4.69, 9.17) is 4.74 Å². The predicted molar refractivity (Wildman–Crippen MR) is 129 cm³/mol. The van der Waals surface area contributed by atoms with Crippen LogP contribution in [-0.4, -0.2) is 66.4 Å². The lowest BCUT2D eigenvalue weighted by molar-refractivity contribution is 0.00417. The normalized spacial score (nSPS) is 26.3. The van der Waals surface area contributed by atoms with Gasteiger partial charge in [0.1, 0.15) is 5.82 Å². The first-order valence-electron chi connectivity index (χ1n) is 12.7. The molecule has 4 nitrogen and oxygen atoms in total. The fourth-order valence-corrected chi connectivity index (χ4v) is 5.99.